The van der Waals surface area contributed by atoms with Crippen LogP contribution in [-0.2, 0) is 17.1 Å². The molecule has 0 aliphatic rings. The maximum Gasteiger partial charge on any atom is 0.285 e. The number of aromatic nitrogens is 2. The number of nitrogens with zero attached hydrogens (tertiary/aromatic N) is 2. The Bertz CT molecular complexity index is 1160. The lowest BCUT2D eigenvalue weighted by Crippen LogP contribution is -2.31. The van der Waals surface area contributed by atoms with Crippen LogP contribution in [0.5, 0.6) is 5.75 Å². The van der Waals surface area contributed by atoms with Crippen LogP contribution >= 0.6 is 23.2 Å². The minimum atomic E-state index is -4.23. The minimum absolute atomic E-state index is 0.0427. The number of halogens is 2. The number of hydrogen-bond donors (Lipinski definition) is 1. The largest absolute Gasteiger partial charge is 0.497 e. The Morgan fingerprint density at radius 1 is 1.11 bits per heavy atom. The number of sulfonamides is 1. The molecule has 1 aromatic heterocycles. The predicted molar refractivity (Wildman–Crippen MR) is 106 cm³/mol. The van der Waals surface area contributed by atoms with E-state index in [4.69, 9.17) is 27.9 Å². The van der Waals surface area contributed by atoms with Crippen molar-refractivity contribution in [2.75, 3.05) is 7.11 Å². The van der Waals surface area contributed by atoms with E-state index in [0.717, 1.165) is 0 Å². The summed E-state index contributed by atoms with van der Waals surface area (Å²) in [5.41, 5.74) is 1.14. The van der Waals surface area contributed by atoms with Gasteiger partial charge in [-0.3, -0.25) is 9.48 Å². The molecule has 0 bridgehead atoms. The lowest BCUT2D eigenvalue weighted by atomic mass is 10.1. The van der Waals surface area contributed by atoms with Crippen molar-refractivity contribution in [2.24, 2.45) is 7.05 Å². The van der Waals surface area contributed by atoms with Crippen LogP contribution in [0.15, 0.2) is 53.4 Å². The van der Waals surface area contributed by atoms with Gasteiger partial charge in [-0.25, -0.2) is 13.1 Å². The molecular weight excluding hydrogens is 425 g/mol. The number of rotatable bonds is 5. The fourth-order valence-corrected chi connectivity index (χ4v) is 4.25. The molecule has 0 atom stereocenters. The van der Waals surface area contributed by atoms with Crippen molar-refractivity contribution in [2.45, 2.75) is 4.90 Å². The van der Waals surface area contributed by atoms with Crippen molar-refractivity contribution < 1.29 is 17.9 Å². The Labute approximate surface area is 171 Å². The summed E-state index contributed by atoms with van der Waals surface area (Å²) in [7, 11) is -1.22. The monoisotopic (exact) mass is 439 g/mol. The number of carbonyl (C=O) groups excluding carboxylic acids is 1. The summed E-state index contributed by atoms with van der Waals surface area (Å²) in [5.74, 6) is -0.608. The van der Waals surface area contributed by atoms with E-state index in [0.29, 0.717) is 16.3 Å². The highest BCUT2D eigenvalue weighted by atomic mass is 35.5. The normalized spacial score (nSPS) is 11.3. The van der Waals surface area contributed by atoms with Crippen molar-refractivity contribution in [3.05, 3.63) is 64.3 Å². The zero-order chi connectivity index (χ0) is 20.5. The van der Waals surface area contributed by atoms with Gasteiger partial charge in [-0.2, -0.15) is 5.10 Å². The summed E-state index contributed by atoms with van der Waals surface area (Å²) in [5, 5.41) is 4.52. The summed E-state index contributed by atoms with van der Waals surface area (Å²) >= 11 is 12.2. The molecule has 3 rings (SSSR count). The number of ether oxygens (including phenoxy) is 1. The van der Waals surface area contributed by atoms with E-state index < -0.39 is 15.9 Å². The van der Waals surface area contributed by atoms with Gasteiger partial charge in [0.2, 0.25) is 0 Å². The van der Waals surface area contributed by atoms with Crippen molar-refractivity contribution in [1.29, 1.82) is 0 Å². The first kappa shape index (κ1) is 20.2. The van der Waals surface area contributed by atoms with Crippen molar-refractivity contribution in [3.8, 4) is 17.0 Å². The fourth-order valence-electron chi connectivity index (χ4n) is 2.55. The van der Waals surface area contributed by atoms with Gasteiger partial charge < -0.3 is 4.74 Å². The van der Waals surface area contributed by atoms with Gasteiger partial charge in [0.1, 0.15) is 10.6 Å². The molecule has 0 spiro atoms. The summed E-state index contributed by atoms with van der Waals surface area (Å²) in [6.07, 6.45) is 0. The highest BCUT2D eigenvalue weighted by Gasteiger charge is 2.24. The first-order chi connectivity index (χ1) is 13.2. The number of hydrogen-bond acceptors (Lipinski definition) is 5. The average molecular weight is 440 g/mol. The average Bonchev–Trinajstić information content (AvgIpc) is 3.04. The molecule has 2 aromatic carbocycles. The Balaban J connectivity index is 1.92. The van der Waals surface area contributed by atoms with Gasteiger partial charge in [0, 0.05) is 23.7 Å². The minimum Gasteiger partial charge on any atom is -0.497 e. The molecule has 3 aromatic rings. The third kappa shape index (κ3) is 3.99. The molecule has 0 radical (unpaired) electrons. The highest BCUT2D eigenvalue weighted by molar-refractivity contribution is 7.90. The molecule has 0 saturated heterocycles. The molecule has 1 N–H and O–H groups in total. The van der Waals surface area contributed by atoms with E-state index in [1.54, 1.807) is 31.3 Å². The molecule has 7 nitrogen and oxygen atoms in total. The molecule has 0 saturated carbocycles. The smallest absolute Gasteiger partial charge is 0.285 e. The Morgan fingerprint density at radius 2 is 1.82 bits per heavy atom. The summed E-state index contributed by atoms with van der Waals surface area (Å²) in [6, 6.07) is 12.6. The van der Waals surface area contributed by atoms with Crippen LogP contribution in [0.4, 0.5) is 0 Å². The number of aryl methyl sites for hydroxylation is 1. The van der Waals surface area contributed by atoms with E-state index >= 15 is 0 Å². The lowest BCUT2D eigenvalue weighted by Gasteiger charge is -2.09. The van der Waals surface area contributed by atoms with E-state index in [2.05, 4.69) is 5.10 Å². The molecule has 0 aliphatic heterocycles. The van der Waals surface area contributed by atoms with Crippen LogP contribution < -0.4 is 9.46 Å². The third-order valence-corrected chi connectivity index (χ3v) is 6.06. The highest BCUT2D eigenvalue weighted by Crippen LogP contribution is 2.28. The van der Waals surface area contributed by atoms with E-state index in [1.165, 1.54) is 36.1 Å². The summed E-state index contributed by atoms with van der Waals surface area (Å²) in [4.78, 5) is 12.2. The van der Waals surface area contributed by atoms with E-state index in [9.17, 15) is 13.2 Å². The number of nitrogens with one attached hydrogen (secondary N) is 1. The molecule has 0 unspecified atom stereocenters. The summed E-state index contributed by atoms with van der Waals surface area (Å²) in [6.45, 7) is 0. The first-order valence-electron chi connectivity index (χ1n) is 7.92. The van der Waals surface area contributed by atoms with Crippen molar-refractivity contribution in [3.63, 3.8) is 0 Å². The number of benzene rings is 2. The van der Waals surface area contributed by atoms with Gasteiger partial charge in [-0.05, 0) is 24.3 Å². The maximum atomic E-state index is 12.6. The SMILES string of the molecule is COc1ccc(Cl)c(S(=O)(=O)NC(=O)c2cc(-c3ccccc3Cl)n(C)n2)c1. The topological polar surface area (TPSA) is 90.3 Å². The van der Waals surface area contributed by atoms with E-state index in [1.807, 2.05) is 4.72 Å². The second-order valence-corrected chi connectivity index (χ2v) is 8.21. The van der Waals surface area contributed by atoms with Gasteiger partial charge in [-0.15, -0.1) is 0 Å². The van der Waals surface area contributed by atoms with Gasteiger partial charge >= 0.3 is 0 Å². The second kappa shape index (κ2) is 7.83. The zero-order valence-corrected chi connectivity index (χ0v) is 17.1. The summed E-state index contributed by atoms with van der Waals surface area (Å²) < 4.78 is 33.6. The van der Waals surface area contributed by atoms with Crippen LogP contribution in [0.2, 0.25) is 10.0 Å². The molecule has 0 fully saturated rings. The number of carbonyl (C=O) groups is 1. The predicted octanol–water partition coefficient (Wildman–Crippen LogP) is 3.52. The molecule has 10 heteroatoms. The lowest BCUT2D eigenvalue weighted by molar-refractivity contribution is 0.0976. The van der Waals surface area contributed by atoms with Crippen LogP contribution in [0, 0.1) is 0 Å². The molecular formula is C18H15Cl2N3O4S. The van der Waals surface area contributed by atoms with Crippen molar-refractivity contribution in [1.82, 2.24) is 14.5 Å². The van der Waals surface area contributed by atoms with Crippen LogP contribution in [-0.4, -0.2) is 31.2 Å². The maximum absolute atomic E-state index is 12.6. The van der Waals surface area contributed by atoms with Gasteiger partial charge in [0.15, 0.2) is 5.69 Å². The number of amides is 1. The molecule has 146 valence electrons. The van der Waals surface area contributed by atoms with Crippen LogP contribution in [0.3, 0.4) is 0 Å². The molecule has 1 amide bonds. The van der Waals surface area contributed by atoms with Gasteiger partial charge in [0.25, 0.3) is 15.9 Å². The van der Waals surface area contributed by atoms with Crippen molar-refractivity contribution >= 4 is 39.1 Å². The third-order valence-electron chi connectivity index (χ3n) is 3.92. The molecule has 1 heterocycles. The zero-order valence-electron chi connectivity index (χ0n) is 14.8. The second-order valence-electron chi connectivity index (χ2n) is 5.75. The standard InChI is InChI=1S/C18H15Cl2N3O4S/c1-23-16(12-5-3-4-6-13(12)19)10-15(21-23)18(24)22-28(25,26)17-9-11(27-2)7-8-14(17)20/h3-10H,1-2H3,(H,22,24). The fraction of sp³-hybridized carbons (Fsp3) is 0.111. The quantitative estimate of drug-likeness (QED) is 0.656. The van der Waals surface area contributed by atoms with Gasteiger partial charge in [0.05, 0.1) is 17.8 Å². The Morgan fingerprint density at radius 3 is 2.50 bits per heavy atom. The van der Waals surface area contributed by atoms with Crippen LogP contribution in [0.25, 0.3) is 11.3 Å². The van der Waals surface area contributed by atoms with E-state index in [-0.39, 0.29) is 21.4 Å². The molecule has 0 aliphatic carbocycles. The number of methoxy groups -OCH3 is 1. The molecule has 28 heavy (non-hydrogen) atoms. The first-order valence-corrected chi connectivity index (χ1v) is 10.2. The van der Waals surface area contributed by atoms with Gasteiger partial charge in [-0.1, -0.05) is 41.4 Å². The Hall–Kier alpha value is -2.55. The van der Waals surface area contributed by atoms with Crippen LogP contribution in [0.1, 0.15) is 10.5 Å². The Kier molecular flexibility index (Phi) is 5.64.